The van der Waals surface area contributed by atoms with Crippen molar-refractivity contribution in [2.45, 2.75) is 39.4 Å². The van der Waals surface area contributed by atoms with Crippen LogP contribution < -0.4 is 14.8 Å². The zero-order valence-corrected chi connectivity index (χ0v) is 21.5. The van der Waals surface area contributed by atoms with E-state index in [9.17, 15) is 9.59 Å². The second-order valence-electron chi connectivity index (χ2n) is 9.58. The van der Waals surface area contributed by atoms with Crippen LogP contribution in [0.5, 0.6) is 11.6 Å². The van der Waals surface area contributed by atoms with E-state index in [1.807, 2.05) is 57.2 Å². The standard InChI is InChI=1S/C27H32N4O6/c1-19-23(28-25(32)36-21-13-9-6-10-14-21)31(20-11-7-5-8-12-20)29-24(19)35-18-22-17-30(15-16-34-22)26(33)37-27(2,3)4/h5-14,22H,15-18H2,1-4H3,(H,28,32)/t22-/m1/s1. The molecule has 10 heteroatoms. The zero-order valence-electron chi connectivity index (χ0n) is 21.5. The lowest BCUT2D eigenvalue weighted by Crippen LogP contribution is -2.49. The molecule has 1 saturated heterocycles. The Bertz CT molecular complexity index is 1210. The summed E-state index contributed by atoms with van der Waals surface area (Å²) in [5.74, 6) is 1.17. The average molecular weight is 509 g/mol. The molecule has 1 N–H and O–H groups in total. The van der Waals surface area contributed by atoms with Gasteiger partial charge in [0.2, 0.25) is 5.88 Å². The molecular weight excluding hydrogens is 476 g/mol. The van der Waals surface area contributed by atoms with Crippen LogP contribution in [0.15, 0.2) is 60.7 Å². The predicted molar refractivity (Wildman–Crippen MR) is 137 cm³/mol. The van der Waals surface area contributed by atoms with Gasteiger partial charge >= 0.3 is 12.2 Å². The van der Waals surface area contributed by atoms with E-state index >= 15 is 0 Å². The number of aromatic nitrogens is 2. The van der Waals surface area contributed by atoms with Crippen LogP contribution in [-0.4, -0.2) is 64.9 Å². The summed E-state index contributed by atoms with van der Waals surface area (Å²) in [5.41, 5.74) is 0.780. The van der Waals surface area contributed by atoms with Crippen molar-refractivity contribution < 1.29 is 28.5 Å². The molecule has 1 aromatic heterocycles. The Morgan fingerprint density at radius 3 is 2.43 bits per heavy atom. The van der Waals surface area contributed by atoms with Crippen LogP contribution in [0.1, 0.15) is 26.3 Å². The summed E-state index contributed by atoms with van der Waals surface area (Å²) in [7, 11) is 0. The highest BCUT2D eigenvalue weighted by molar-refractivity contribution is 5.87. The molecule has 10 nitrogen and oxygen atoms in total. The summed E-state index contributed by atoms with van der Waals surface area (Å²) in [6, 6.07) is 18.2. The van der Waals surface area contributed by atoms with Crippen molar-refractivity contribution in [3.63, 3.8) is 0 Å². The number of para-hydroxylation sites is 2. The van der Waals surface area contributed by atoms with Gasteiger partial charge in [0.15, 0.2) is 0 Å². The maximum Gasteiger partial charge on any atom is 0.418 e. The SMILES string of the molecule is Cc1c(OC[C@H]2CN(C(=O)OC(C)(C)C)CCO2)nn(-c2ccccc2)c1NC(=O)Oc1ccccc1. The number of benzene rings is 2. The zero-order chi connectivity index (χ0) is 26.4. The topological polar surface area (TPSA) is 104 Å². The predicted octanol–water partition coefficient (Wildman–Crippen LogP) is 4.81. The van der Waals surface area contributed by atoms with Crippen molar-refractivity contribution >= 4 is 18.0 Å². The highest BCUT2D eigenvalue weighted by Crippen LogP contribution is 2.29. The molecule has 2 aromatic carbocycles. The number of anilines is 1. The van der Waals surface area contributed by atoms with Crippen molar-refractivity contribution in [2.75, 3.05) is 31.6 Å². The number of rotatable bonds is 6. The maximum absolute atomic E-state index is 12.6. The first-order valence-electron chi connectivity index (χ1n) is 12.1. The fourth-order valence-electron chi connectivity index (χ4n) is 3.72. The van der Waals surface area contributed by atoms with Gasteiger partial charge in [0.05, 0.1) is 24.4 Å². The van der Waals surface area contributed by atoms with Gasteiger partial charge < -0.3 is 23.8 Å². The van der Waals surface area contributed by atoms with Crippen molar-refractivity contribution in [3.8, 4) is 17.3 Å². The number of carbonyl (C=O) groups is 2. The van der Waals surface area contributed by atoms with E-state index in [0.29, 0.717) is 42.7 Å². The van der Waals surface area contributed by atoms with Gasteiger partial charge in [-0.1, -0.05) is 36.4 Å². The molecule has 3 aromatic rings. The Hall–Kier alpha value is -4.05. The number of morpholine rings is 1. The number of hydrogen-bond donors (Lipinski definition) is 1. The monoisotopic (exact) mass is 508 g/mol. The lowest BCUT2D eigenvalue weighted by atomic mass is 10.2. The van der Waals surface area contributed by atoms with Crippen LogP contribution in [0.3, 0.4) is 0 Å². The number of nitrogens with zero attached hydrogens (tertiary/aromatic N) is 3. The van der Waals surface area contributed by atoms with Crippen LogP contribution in [0.4, 0.5) is 15.4 Å². The molecule has 0 unspecified atom stereocenters. The molecule has 0 radical (unpaired) electrons. The van der Waals surface area contributed by atoms with E-state index in [1.165, 1.54) is 0 Å². The van der Waals surface area contributed by atoms with Gasteiger partial charge in [-0.15, -0.1) is 5.10 Å². The Labute approximate surface area is 216 Å². The average Bonchev–Trinajstić information content (AvgIpc) is 3.18. The maximum atomic E-state index is 12.6. The highest BCUT2D eigenvalue weighted by atomic mass is 16.6. The Morgan fingerprint density at radius 2 is 1.76 bits per heavy atom. The summed E-state index contributed by atoms with van der Waals surface area (Å²) < 4.78 is 24.3. The summed E-state index contributed by atoms with van der Waals surface area (Å²) >= 11 is 0. The van der Waals surface area contributed by atoms with Crippen molar-refractivity contribution in [2.24, 2.45) is 0 Å². The van der Waals surface area contributed by atoms with E-state index < -0.39 is 11.7 Å². The molecule has 2 amide bonds. The summed E-state index contributed by atoms with van der Waals surface area (Å²) in [5, 5.41) is 7.38. The third kappa shape index (κ3) is 7.01. The molecule has 0 saturated carbocycles. The number of ether oxygens (including phenoxy) is 4. The second-order valence-corrected chi connectivity index (χ2v) is 9.58. The Balaban J connectivity index is 1.47. The first-order valence-corrected chi connectivity index (χ1v) is 12.1. The normalized spacial score (nSPS) is 15.7. The molecule has 37 heavy (non-hydrogen) atoms. The molecule has 1 aliphatic heterocycles. The largest absolute Gasteiger partial charge is 0.474 e. The molecule has 196 valence electrons. The lowest BCUT2D eigenvalue weighted by molar-refractivity contribution is -0.0562. The van der Waals surface area contributed by atoms with Crippen LogP contribution >= 0.6 is 0 Å². The van der Waals surface area contributed by atoms with Gasteiger partial charge in [-0.25, -0.2) is 14.3 Å². The molecule has 0 spiro atoms. The van der Waals surface area contributed by atoms with Crippen LogP contribution in [-0.2, 0) is 9.47 Å². The number of amides is 2. The highest BCUT2D eigenvalue weighted by Gasteiger charge is 2.29. The molecule has 2 heterocycles. The molecule has 4 rings (SSSR count). The van der Waals surface area contributed by atoms with Gasteiger partial charge in [0, 0.05) is 6.54 Å². The van der Waals surface area contributed by atoms with Crippen LogP contribution in [0, 0.1) is 6.92 Å². The van der Waals surface area contributed by atoms with Crippen molar-refractivity contribution in [1.29, 1.82) is 0 Å². The van der Waals surface area contributed by atoms with Gasteiger partial charge in [-0.2, -0.15) is 0 Å². The molecule has 0 aliphatic carbocycles. The molecule has 1 aliphatic rings. The fraction of sp³-hybridized carbons (Fsp3) is 0.370. The first-order chi connectivity index (χ1) is 17.7. The van der Waals surface area contributed by atoms with Gasteiger partial charge in [-0.3, -0.25) is 5.32 Å². The first kappa shape index (κ1) is 26.0. The minimum Gasteiger partial charge on any atom is -0.474 e. The Kier molecular flexibility index (Phi) is 7.98. The molecular formula is C27H32N4O6. The van der Waals surface area contributed by atoms with Crippen LogP contribution in [0.2, 0.25) is 0 Å². The third-order valence-corrected chi connectivity index (χ3v) is 5.45. The van der Waals surface area contributed by atoms with E-state index in [-0.39, 0.29) is 18.8 Å². The summed E-state index contributed by atoms with van der Waals surface area (Å²) in [6.07, 6.45) is -1.39. The fourth-order valence-corrected chi connectivity index (χ4v) is 3.72. The minimum atomic E-state index is -0.651. The van der Waals surface area contributed by atoms with E-state index in [4.69, 9.17) is 18.9 Å². The minimum absolute atomic E-state index is 0.167. The van der Waals surface area contributed by atoms with E-state index in [1.54, 1.807) is 40.8 Å². The summed E-state index contributed by atoms with van der Waals surface area (Å²) in [6.45, 7) is 8.63. The molecule has 1 fully saturated rings. The van der Waals surface area contributed by atoms with Crippen LogP contribution in [0.25, 0.3) is 5.69 Å². The molecule has 0 bridgehead atoms. The van der Waals surface area contributed by atoms with Gasteiger partial charge in [0.1, 0.15) is 29.9 Å². The smallest absolute Gasteiger partial charge is 0.418 e. The number of hydrogen-bond acceptors (Lipinski definition) is 7. The number of carbonyl (C=O) groups excluding carboxylic acids is 2. The Morgan fingerprint density at radius 1 is 1.08 bits per heavy atom. The number of nitrogens with one attached hydrogen (secondary N) is 1. The van der Waals surface area contributed by atoms with Crippen molar-refractivity contribution in [1.82, 2.24) is 14.7 Å². The molecule has 1 atom stereocenters. The van der Waals surface area contributed by atoms with E-state index in [2.05, 4.69) is 10.4 Å². The van der Waals surface area contributed by atoms with Gasteiger partial charge in [0.25, 0.3) is 0 Å². The second kappa shape index (κ2) is 11.3. The third-order valence-electron chi connectivity index (χ3n) is 5.45. The summed E-state index contributed by atoms with van der Waals surface area (Å²) in [4.78, 5) is 26.7. The van der Waals surface area contributed by atoms with Gasteiger partial charge in [-0.05, 0) is 52.0 Å². The quantitative estimate of drug-likeness (QED) is 0.510. The van der Waals surface area contributed by atoms with E-state index in [0.717, 1.165) is 5.69 Å². The lowest BCUT2D eigenvalue weighted by Gasteiger charge is -2.34. The van der Waals surface area contributed by atoms with Crippen molar-refractivity contribution in [3.05, 3.63) is 66.2 Å².